The maximum Gasteiger partial charge on any atom is 0.306 e. The molecule has 5 heteroatoms. The van der Waals surface area contributed by atoms with Gasteiger partial charge in [0, 0.05) is 19.4 Å². The van der Waals surface area contributed by atoms with Crippen molar-refractivity contribution in [1.29, 1.82) is 0 Å². The third-order valence-electron chi connectivity index (χ3n) is 5.23. The van der Waals surface area contributed by atoms with E-state index in [0.717, 1.165) is 49.7 Å². The molecule has 5 nitrogen and oxygen atoms in total. The quantitative estimate of drug-likeness (QED) is 0.313. The minimum atomic E-state index is -0.182. The molecule has 31 heavy (non-hydrogen) atoms. The van der Waals surface area contributed by atoms with Gasteiger partial charge in [0.15, 0.2) is 0 Å². The molecule has 2 aromatic carbocycles. The molecule has 168 valence electrons. The highest BCUT2D eigenvalue weighted by Crippen LogP contribution is 2.17. The minimum absolute atomic E-state index is 0.136. The van der Waals surface area contributed by atoms with Crippen LogP contribution in [0, 0.1) is 5.92 Å². The summed E-state index contributed by atoms with van der Waals surface area (Å²) in [6.45, 7) is 0.760. The fraction of sp³-hybridized carbons (Fsp3) is 0.462. The zero-order valence-electron chi connectivity index (χ0n) is 18.2. The number of hydrogen-bond acceptors (Lipinski definition) is 5. The van der Waals surface area contributed by atoms with Crippen LogP contribution in [0.15, 0.2) is 60.7 Å². The average Bonchev–Trinajstić information content (AvgIpc) is 2.81. The van der Waals surface area contributed by atoms with Crippen molar-refractivity contribution in [3.05, 3.63) is 71.8 Å². The molecule has 0 radical (unpaired) electrons. The largest absolute Gasteiger partial charge is 0.461 e. The van der Waals surface area contributed by atoms with Crippen LogP contribution in [0.4, 0.5) is 0 Å². The predicted molar refractivity (Wildman–Crippen MR) is 120 cm³/mol. The van der Waals surface area contributed by atoms with Crippen LogP contribution in [-0.2, 0) is 32.3 Å². The van der Waals surface area contributed by atoms with Crippen molar-refractivity contribution in [2.45, 2.75) is 64.6 Å². The van der Waals surface area contributed by atoms with Crippen LogP contribution in [0.25, 0.3) is 0 Å². The van der Waals surface area contributed by atoms with Crippen LogP contribution in [0.5, 0.6) is 0 Å². The lowest BCUT2D eigenvalue weighted by molar-refractivity contribution is -0.146. The molecule has 2 aromatic rings. The van der Waals surface area contributed by atoms with E-state index in [1.165, 1.54) is 0 Å². The molecule has 0 heterocycles. The molecular weight excluding hydrogens is 392 g/mol. The van der Waals surface area contributed by atoms with Gasteiger partial charge in [-0.25, -0.2) is 0 Å². The third-order valence-corrected chi connectivity index (χ3v) is 5.23. The first kappa shape index (κ1) is 24.6. The summed E-state index contributed by atoms with van der Waals surface area (Å²) in [5, 5.41) is 9.58. The molecule has 0 bridgehead atoms. The lowest BCUT2D eigenvalue weighted by atomic mass is 9.96. The van der Waals surface area contributed by atoms with Gasteiger partial charge in [-0.05, 0) is 42.7 Å². The van der Waals surface area contributed by atoms with Crippen LogP contribution >= 0.6 is 0 Å². The predicted octanol–water partition coefficient (Wildman–Crippen LogP) is 5.20. The highest BCUT2D eigenvalue weighted by molar-refractivity contribution is 5.69. The van der Waals surface area contributed by atoms with E-state index in [4.69, 9.17) is 9.47 Å². The molecule has 0 saturated heterocycles. The Balaban J connectivity index is 1.48. The van der Waals surface area contributed by atoms with E-state index >= 15 is 0 Å². The fourth-order valence-corrected chi connectivity index (χ4v) is 3.35. The minimum Gasteiger partial charge on any atom is -0.461 e. The number of ether oxygens (including phenoxy) is 2. The van der Waals surface area contributed by atoms with Gasteiger partial charge < -0.3 is 14.6 Å². The number of aliphatic hydroxyl groups excluding tert-OH is 1. The van der Waals surface area contributed by atoms with Gasteiger partial charge in [-0.3, -0.25) is 9.59 Å². The Bertz CT molecular complexity index is 681. The smallest absolute Gasteiger partial charge is 0.306 e. The van der Waals surface area contributed by atoms with E-state index in [-0.39, 0.29) is 24.5 Å². The van der Waals surface area contributed by atoms with Crippen molar-refractivity contribution in [2.24, 2.45) is 5.92 Å². The summed E-state index contributed by atoms with van der Waals surface area (Å²) < 4.78 is 10.6. The number of unbranched alkanes of at least 4 members (excludes halogenated alkanes) is 2. The van der Waals surface area contributed by atoms with E-state index < -0.39 is 0 Å². The van der Waals surface area contributed by atoms with Gasteiger partial charge in [-0.2, -0.15) is 0 Å². The summed E-state index contributed by atoms with van der Waals surface area (Å²) in [7, 11) is 0. The molecule has 1 N–H and O–H groups in total. The molecule has 0 aliphatic heterocycles. The van der Waals surface area contributed by atoms with Gasteiger partial charge in [0.1, 0.15) is 13.2 Å². The molecule has 0 saturated carbocycles. The topological polar surface area (TPSA) is 72.8 Å². The van der Waals surface area contributed by atoms with Crippen molar-refractivity contribution >= 4 is 11.9 Å². The molecule has 0 atom stereocenters. The number of hydrogen-bond donors (Lipinski definition) is 1. The molecule has 0 aromatic heterocycles. The second-order valence-electron chi connectivity index (χ2n) is 7.83. The zero-order valence-corrected chi connectivity index (χ0v) is 18.2. The van der Waals surface area contributed by atoms with Crippen LogP contribution in [0.1, 0.15) is 62.5 Å². The Kier molecular flexibility index (Phi) is 12.1. The molecule has 0 unspecified atom stereocenters. The highest BCUT2D eigenvalue weighted by Gasteiger charge is 2.10. The summed E-state index contributed by atoms with van der Waals surface area (Å²) in [6, 6.07) is 19.3. The van der Waals surface area contributed by atoms with Crippen molar-refractivity contribution in [3.8, 4) is 0 Å². The lowest BCUT2D eigenvalue weighted by Gasteiger charge is -2.13. The number of benzene rings is 2. The van der Waals surface area contributed by atoms with Crippen LogP contribution in [0.2, 0.25) is 0 Å². The van der Waals surface area contributed by atoms with Crippen molar-refractivity contribution < 1.29 is 24.2 Å². The van der Waals surface area contributed by atoms with Gasteiger partial charge >= 0.3 is 11.9 Å². The maximum absolute atomic E-state index is 11.8. The first-order valence-corrected chi connectivity index (χ1v) is 11.2. The van der Waals surface area contributed by atoms with Crippen LogP contribution in [-0.4, -0.2) is 23.7 Å². The molecule has 0 aliphatic rings. The second kappa shape index (κ2) is 15.2. The first-order chi connectivity index (χ1) is 15.2. The summed E-state index contributed by atoms with van der Waals surface area (Å²) in [5.41, 5.74) is 1.97. The Morgan fingerprint density at radius 1 is 0.677 bits per heavy atom. The maximum atomic E-state index is 11.8. The summed E-state index contributed by atoms with van der Waals surface area (Å²) in [4.78, 5) is 23.7. The van der Waals surface area contributed by atoms with Crippen LogP contribution in [0.3, 0.4) is 0 Å². The molecule has 0 amide bonds. The Labute approximate surface area is 185 Å². The number of aliphatic hydroxyl groups is 1. The normalized spacial score (nSPS) is 10.8. The number of rotatable bonds is 15. The first-order valence-electron chi connectivity index (χ1n) is 11.2. The molecule has 0 aliphatic carbocycles. The average molecular weight is 427 g/mol. The third kappa shape index (κ3) is 11.3. The zero-order chi connectivity index (χ0) is 22.2. The monoisotopic (exact) mass is 426 g/mol. The van der Waals surface area contributed by atoms with Gasteiger partial charge in [0.25, 0.3) is 0 Å². The number of carbonyl (C=O) groups excluding carboxylic acids is 2. The van der Waals surface area contributed by atoms with Crippen molar-refractivity contribution in [3.63, 3.8) is 0 Å². The lowest BCUT2D eigenvalue weighted by Crippen LogP contribution is -2.09. The van der Waals surface area contributed by atoms with Gasteiger partial charge in [-0.15, -0.1) is 0 Å². The SMILES string of the molecule is O=C(CCCCC(CO)CCCCC(=O)OCc1ccccc1)OCc1ccccc1. The Morgan fingerprint density at radius 2 is 1.10 bits per heavy atom. The fourth-order valence-electron chi connectivity index (χ4n) is 3.35. The van der Waals surface area contributed by atoms with E-state index in [9.17, 15) is 14.7 Å². The summed E-state index contributed by atoms with van der Waals surface area (Å²) in [6.07, 6.45) is 5.83. The van der Waals surface area contributed by atoms with Crippen molar-refractivity contribution in [2.75, 3.05) is 6.61 Å². The Hall–Kier alpha value is -2.66. The molecule has 2 rings (SSSR count). The Morgan fingerprint density at radius 3 is 1.48 bits per heavy atom. The van der Waals surface area contributed by atoms with Gasteiger partial charge in [0.2, 0.25) is 0 Å². The van der Waals surface area contributed by atoms with Gasteiger partial charge in [-0.1, -0.05) is 73.5 Å². The summed E-state index contributed by atoms with van der Waals surface area (Å²) in [5.74, 6) is -0.155. The number of esters is 2. The van der Waals surface area contributed by atoms with E-state index in [2.05, 4.69) is 0 Å². The standard InChI is InChI=1S/C26H34O5/c27-19-22(11-7-9-17-25(28)30-20-23-13-3-1-4-14-23)12-8-10-18-26(29)31-21-24-15-5-2-6-16-24/h1-6,13-16,22,27H,7-12,17-21H2. The molecule has 0 spiro atoms. The van der Waals surface area contributed by atoms with E-state index in [1.807, 2.05) is 60.7 Å². The van der Waals surface area contributed by atoms with Gasteiger partial charge in [0.05, 0.1) is 0 Å². The van der Waals surface area contributed by atoms with Crippen molar-refractivity contribution in [1.82, 2.24) is 0 Å². The second-order valence-corrected chi connectivity index (χ2v) is 7.83. The van der Waals surface area contributed by atoms with E-state index in [0.29, 0.717) is 26.1 Å². The summed E-state index contributed by atoms with van der Waals surface area (Å²) >= 11 is 0. The number of carbonyl (C=O) groups is 2. The molecular formula is C26H34O5. The molecule has 0 fully saturated rings. The highest BCUT2D eigenvalue weighted by atomic mass is 16.5. The van der Waals surface area contributed by atoms with E-state index in [1.54, 1.807) is 0 Å². The van der Waals surface area contributed by atoms with Crippen LogP contribution < -0.4 is 0 Å².